The Balaban J connectivity index is 1.82. The fourth-order valence-corrected chi connectivity index (χ4v) is 4.59. The maximum Gasteiger partial charge on any atom is 0.170 e. The molecule has 0 amide bonds. The van der Waals surface area contributed by atoms with E-state index in [-0.39, 0.29) is 12.1 Å². The van der Waals surface area contributed by atoms with E-state index in [1.165, 1.54) is 11.1 Å². The van der Waals surface area contributed by atoms with Crippen LogP contribution in [0.4, 0.5) is 0 Å². The standard InChI is InChI=1S/C23H27N5OS/c1-15-8-10-25-20(13-15)28-16(2)14-18(17(28)3)22-21(19-7-5-6-9-24-19)26-23(30)27(22)11-12-29-4/h5-10,13-14,21-22H,11-12H2,1-4H3,(H,26,30)/t21-,22+/m1/s1. The van der Waals surface area contributed by atoms with Crippen LogP contribution in [-0.4, -0.2) is 44.8 Å². The minimum absolute atomic E-state index is 0.0207. The van der Waals surface area contributed by atoms with Crippen LogP contribution in [0.5, 0.6) is 0 Å². The van der Waals surface area contributed by atoms with Gasteiger partial charge in [-0.3, -0.25) is 4.98 Å². The van der Waals surface area contributed by atoms with E-state index in [4.69, 9.17) is 17.0 Å². The molecule has 0 bridgehead atoms. The second-order valence-electron chi connectivity index (χ2n) is 7.67. The van der Waals surface area contributed by atoms with Crippen LogP contribution < -0.4 is 5.32 Å². The smallest absolute Gasteiger partial charge is 0.170 e. The fourth-order valence-electron chi connectivity index (χ4n) is 4.26. The van der Waals surface area contributed by atoms with Crippen molar-refractivity contribution in [1.82, 2.24) is 24.8 Å². The van der Waals surface area contributed by atoms with E-state index in [0.717, 1.165) is 28.0 Å². The Kier molecular flexibility index (Phi) is 5.83. The van der Waals surface area contributed by atoms with Gasteiger partial charge in [-0.05, 0) is 74.4 Å². The van der Waals surface area contributed by atoms with Crippen LogP contribution in [0.15, 0.2) is 48.8 Å². The Bertz CT molecular complexity index is 1050. The third kappa shape index (κ3) is 3.70. The van der Waals surface area contributed by atoms with Gasteiger partial charge < -0.3 is 19.5 Å². The van der Waals surface area contributed by atoms with Crippen molar-refractivity contribution in [2.45, 2.75) is 32.9 Å². The van der Waals surface area contributed by atoms with Crippen LogP contribution in [0.25, 0.3) is 5.82 Å². The molecule has 156 valence electrons. The summed E-state index contributed by atoms with van der Waals surface area (Å²) in [5, 5.41) is 4.22. The van der Waals surface area contributed by atoms with Gasteiger partial charge in [-0.25, -0.2) is 4.98 Å². The molecule has 3 aromatic rings. The maximum absolute atomic E-state index is 5.71. The van der Waals surface area contributed by atoms with Gasteiger partial charge in [-0.1, -0.05) is 6.07 Å². The summed E-state index contributed by atoms with van der Waals surface area (Å²) in [6.07, 6.45) is 3.69. The van der Waals surface area contributed by atoms with Crippen molar-refractivity contribution in [2.75, 3.05) is 20.3 Å². The molecular weight excluding hydrogens is 394 g/mol. The van der Waals surface area contributed by atoms with Crippen LogP contribution >= 0.6 is 12.2 Å². The number of rotatable bonds is 6. The zero-order valence-electron chi connectivity index (χ0n) is 17.8. The van der Waals surface area contributed by atoms with E-state index in [2.05, 4.69) is 57.7 Å². The predicted octanol–water partition coefficient (Wildman–Crippen LogP) is 3.81. The molecule has 30 heavy (non-hydrogen) atoms. The molecule has 2 atom stereocenters. The summed E-state index contributed by atoms with van der Waals surface area (Å²) in [4.78, 5) is 11.4. The van der Waals surface area contributed by atoms with Gasteiger partial charge in [-0.15, -0.1) is 0 Å². The molecule has 1 saturated heterocycles. The quantitative estimate of drug-likeness (QED) is 0.611. The van der Waals surface area contributed by atoms with Gasteiger partial charge in [0.25, 0.3) is 0 Å². The lowest BCUT2D eigenvalue weighted by Gasteiger charge is -2.28. The molecule has 0 aliphatic carbocycles. The lowest BCUT2D eigenvalue weighted by Crippen LogP contribution is -2.32. The summed E-state index contributed by atoms with van der Waals surface area (Å²) in [7, 11) is 1.72. The zero-order valence-corrected chi connectivity index (χ0v) is 18.6. The van der Waals surface area contributed by atoms with Gasteiger partial charge in [0.2, 0.25) is 0 Å². The molecule has 4 rings (SSSR count). The van der Waals surface area contributed by atoms with Crippen LogP contribution in [0, 0.1) is 20.8 Å². The first-order chi connectivity index (χ1) is 14.5. The summed E-state index contributed by atoms with van der Waals surface area (Å²) in [5.74, 6) is 0.933. The second kappa shape index (κ2) is 8.53. The number of pyridine rings is 2. The highest BCUT2D eigenvalue weighted by Gasteiger charge is 2.41. The van der Waals surface area contributed by atoms with Crippen molar-refractivity contribution in [2.24, 2.45) is 0 Å². The molecule has 7 heteroatoms. The molecule has 0 saturated carbocycles. The van der Waals surface area contributed by atoms with Crippen molar-refractivity contribution in [1.29, 1.82) is 0 Å². The Hall–Kier alpha value is -2.77. The maximum atomic E-state index is 5.71. The molecule has 1 N–H and O–H groups in total. The number of hydrogen-bond acceptors (Lipinski definition) is 4. The van der Waals surface area contributed by atoms with E-state index in [1.807, 2.05) is 36.7 Å². The molecule has 0 radical (unpaired) electrons. The Morgan fingerprint density at radius 1 is 1.10 bits per heavy atom. The normalized spacial score (nSPS) is 18.7. The summed E-state index contributed by atoms with van der Waals surface area (Å²) < 4.78 is 7.57. The molecule has 1 fully saturated rings. The Morgan fingerprint density at radius 3 is 2.63 bits per heavy atom. The van der Waals surface area contributed by atoms with Gasteiger partial charge in [0.05, 0.1) is 24.4 Å². The van der Waals surface area contributed by atoms with Gasteiger partial charge >= 0.3 is 0 Å². The monoisotopic (exact) mass is 421 g/mol. The number of nitrogens with one attached hydrogen (secondary N) is 1. The summed E-state index contributed by atoms with van der Waals surface area (Å²) in [5.41, 5.74) is 5.68. The van der Waals surface area contributed by atoms with E-state index in [9.17, 15) is 0 Å². The number of nitrogens with zero attached hydrogens (tertiary/aromatic N) is 4. The number of ether oxygens (including phenoxy) is 1. The topological polar surface area (TPSA) is 55.2 Å². The minimum Gasteiger partial charge on any atom is -0.383 e. The Labute approximate surface area is 182 Å². The fraction of sp³-hybridized carbons (Fsp3) is 0.348. The van der Waals surface area contributed by atoms with Crippen molar-refractivity contribution < 1.29 is 4.74 Å². The molecule has 6 nitrogen and oxygen atoms in total. The second-order valence-corrected chi connectivity index (χ2v) is 8.05. The molecule has 3 aromatic heterocycles. The first-order valence-electron chi connectivity index (χ1n) is 10.1. The molecule has 4 heterocycles. The average Bonchev–Trinajstić information content (AvgIpc) is 3.22. The van der Waals surface area contributed by atoms with Crippen LogP contribution in [-0.2, 0) is 4.74 Å². The van der Waals surface area contributed by atoms with Gasteiger partial charge in [0.15, 0.2) is 5.11 Å². The van der Waals surface area contributed by atoms with Gasteiger partial charge in [0.1, 0.15) is 5.82 Å². The number of methoxy groups -OCH3 is 1. The summed E-state index contributed by atoms with van der Waals surface area (Å²) in [6.45, 7) is 7.67. The lowest BCUT2D eigenvalue weighted by molar-refractivity contribution is 0.164. The van der Waals surface area contributed by atoms with Crippen molar-refractivity contribution >= 4 is 17.3 Å². The van der Waals surface area contributed by atoms with Crippen molar-refractivity contribution in [3.63, 3.8) is 0 Å². The van der Waals surface area contributed by atoms with Crippen LogP contribution in [0.1, 0.15) is 40.3 Å². The molecule has 0 spiro atoms. The lowest BCUT2D eigenvalue weighted by atomic mass is 9.97. The van der Waals surface area contributed by atoms with E-state index in [0.29, 0.717) is 13.2 Å². The number of aryl methyl sites for hydroxylation is 2. The third-order valence-corrected chi connectivity index (χ3v) is 6.01. The average molecular weight is 422 g/mol. The van der Waals surface area contributed by atoms with Crippen LogP contribution in [0.2, 0.25) is 0 Å². The largest absolute Gasteiger partial charge is 0.383 e. The van der Waals surface area contributed by atoms with Crippen molar-refractivity contribution in [3.8, 4) is 5.82 Å². The number of thiocarbonyl (C=S) groups is 1. The van der Waals surface area contributed by atoms with E-state index >= 15 is 0 Å². The molecular formula is C23H27N5OS. The Morgan fingerprint density at radius 2 is 1.93 bits per heavy atom. The number of aromatic nitrogens is 3. The van der Waals surface area contributed by atoms with Crippen LogP contribution in [0.3, 0.4) is 0 Å². The highest BCUT2D eigenvalue weighted by molar-refractivity contribution is 7.80. The zero-order chi connectivity index (χ0) is 21.3. The van der Waals surface area contributed by atoms with E-state index < -0.39 is 0 Å². The van der Waals surface area contributed by atoms with Gasteiger partial charge in [-0.2, -0.15) is 0 Å². The predicted molar refractivity (Wildman–Crippen MR) is 122 cm³/mol. The van der Waals surface area contributed by atoms with Gasteiger partial charge in [0, 0.05) is 37.4 Å². The first-order valence-corrected chi connectivity index (χ1v) is 10.5. The minimum atomic E-state index is -0.0324. The van der Waals surface area contributed by atoms with E-state index in [1.54, 1.807) is 7.11 Å². The first kappa shape index (κ1) is 20.5. The highest BCUT2D eigenvalue weighted by atomic mass is 32.1. The number of hydrogen-bond donors (Lipinski definition) is 1. The third-order valence-electron chi connectivity index (χ3n) is 5.65. The highest BCUT2D eigenvalue weighted by Crippen LogP contribution is 2.41. The SMILES string of the molecule is COCCN1C(=S)N[C@H](c2ccccn2)[C@@H]1c1cc(C)n(-c2cc(C)ccn2)c1C. The molecule has 0 aromatic carbocycles. The van der Waals surface area contributed by atoms with Crippen molar-refractivity contribution in [3.05, 3.63) is 77.0 Å². The molecule has 1 aliphatic rings. The molecule has 0 unspecified atom stereocenters. The summed E-state index contributed by atoms with van der Waals surface area (Å²) in [6, 6.07) is 12.4. The molecule has 1 aliphatic heterocycles. The summed E-state index contributed by atoms with van der Waals surface area (Å²) >= 11 is 5.71.